The van der Waals surface area contributed by atoms with Crippen LogP contribution in [0.15, 0.2) is 53.0 Å². The fourth-order valence-corrected chi connectivity index (χ4v) is 3.87. The van der Waals surface area contributed by atoms with Crippen molar-refractivity contribution in [3.63, 3.8) is 0 Å². The second kappa shape index (κ2) is 8.63. The molecule has 0 radical (unpaired) electrons. The monoisotopic (exact) mass is 400 g/mol. The smallest absolute Gasteiger partial charge is 0.252 e. The zero-order valence-corrected chi connectivity index (χ0v) is 16.3. The predicted molar refractivity (Wildman–Crippen MR) is 106 cm³/mol. The van der Waals surface area contributed by atoms with Gasteiger partial charge in [-0.2, -0.15) is 0 Å². The van der Waals surface area contributed by atoms with Crippen LogP contribution >= 0.6 is 15.9 Å². The third-order valence-electron chi connectivity index (χ3n) is 4.87. The molecule has 1 fully saturated rings. The van der Waals surface area contributed by atoms with Crippen LogP contribution in [-0.4, -0.2) is 30.4 Å². The standard InChI is InChI=1S/C21H25BrN2O/c1-16-9-11-17(12-10-16)20(24-13-5-2-6-14-24)15-23-21(25)18-7-3-4-8-19(18)22/h3-4,7-12,20H,2,5-6,13-15H2,1H3,(H,23,25)/t20-/m1/s1. The van der Waals surface area contributed by atoms with E-state index in [2.05, 4.69) is 57.3 Å². The molecule has 0 unspecified atom stereocenters. The first kappa shape index (κ1) is 18.2. The number of hydrogen-bond acceptors (Lipinski definition) is 2. The molecule has 0 aromatic heterocycles. The van der Waals surface area contributed by atoms with Crippen molar-refractivity contribution in [1.82, 2.24) is 10.2 Å². The van der Waals surface area contributed by atoms with Crippen molar-refractivity contribution in [2.24, 2.45) is 0 Å². The highest BCUT2D eigenvalue weighted by atomic mass is 79.9. The maximum atomic E-state index is 12.6. The third-order valence-corrected chi connectivity index (χ3v) is 5.56. The van der Waals surface area contributed by atoms with E-state index in [0.29, 0.717) is 12.1 Å². The highest BCUT2D eigenvalue weighted by Gasteiger charge is 2.23. The van der Waals surface area contributed by atoms with Gasteiger partial charge >= 0.3 is 0 Å². The first-order valence-corrected chi connectivity index (χ1v) is 9.78. The normalized spacial score (nSPS) is 16.4. The van der Waals surface area contributed by atoms with Gasteiger partial charge in [-0.1, -0.05) is 48.4 Å². The highest BCUT2D eigenvalue weighted by Crippen LogP contribution is 2.25. The molecular weight excluding hydrogens is 376 g/mol. The Morgan fingerprint density at radius 3 is 2.44 bits per heavy atom. The van der Waals surface area contributed by atoms with Crippen molar-refractivity contribution in [2.75, 3.05) is 19.6 Å². The molecule has 2 aromatic carbocycles. The average Bonchev–Trinajstić information content (AvgIpc) is 2.64. The molecule has 25 heavy (non-hydrogen) atoms. The van der Waals surface area contributed by atoms with Gasteiger partial charge in [0.1, 0.15) is 0 Å². The van der Waals surface area contributed by atoms with E-state index in [9.17, 15) is 4.79 Å². The Morgan fingerprint density at radius 2 is 1.76 bits per heavy atom. The number of carbonyl (C=O) groups is 1. The van der Waals surface area contributed by atoms with E-state index < -0.39 is 0 Å². The van der Waals surface area contributed by atoms with Crippen molar-refractivity contribution in [2.45, 2.75) is 32.2 Å². The molecule has 3 rings (SSSR count). The minimum absolute atomic E-state index is 0.0263. The summed E-state index contributed by atoms with van der Waals surface area (Å²) in [6, 6.07) is 16.5. The molecule has 4 heteroatoms. The lowest BCUT2D eigenvalue weighted by atomic mass is 10.0. The van der Waals surface area contributed by atoms with Crippen LogP contribution in [0.2, 0.25) is 0 Å². The molecule has 1 saturated heterocycles. The van der Waals surface area contributed by atoms with Gasteiger partial charge in [-0.3, -0.25) is 9.69 Å². The molecule has 1 atom stereocenters. The largest absolute Gasteiger partial charge is 0.350 e. The Morgan fingerprint density at radius 1 is 1.08 bits per heavy atom. The summed E-state index contributed by atoms with van der Waals surface area (Å²) in [6.45, 7) is 4.94. The van der Waals surface area contributed by atoms with E-state index in [4.69, 9.17) is 0 Å². The van der Waals surface area contributed by atoms with Gasteiger partial charge in [0.25, 0.3) is 5.91 Å². The molecular formula is C21H25BrN2O. The Bertz CT molecular complexity index is 708. The van der Waals surface area contributed by atoms with Crippen molar-refractivity contribution >= 4 is 21.8 Å². The van der Waals surface area contributed by atoms with Gasteiger partial charge in [0.2, 0.25) is 0 Å². The number of nitrogens with one attached hydrogen (secondary N) is 1. The molecule has 1 N–H and O–H groups in total. The number of halogens is 1. The topological polar surface area (TPSA) is 32.3 Å². The first-order valence-electron chi connectivity index (χ1n) is 8.98. The number of amides is 1. The second-order valence-electron chi connectivity index (χ2n) is 6.71. The SMILES string of the molecule is Cc1ccc([C@@H](CNC(=O)c2ccccc2Br)N2CCCCC2)cc1. The van der Waals surface area contributed by atoms with E-state index in [1.807, 2.05) is 24.3 Å². The fraction of sp³-hybridized carbons (Fsp3) is 0.381. The Labute approximate surface area is 158 Å². The number of likely N-dealkylation sites (tertiary alicyclic amines) is 1. The summed E-state index contributed by atoms with van der Waals surface area (Å²) in [5, 5.41) is 3.14. The van der Waals surface area contributed by atoms with Crippen LogP contribution < -0.4 is 5.32 Å². The highest BCUT2D eigenvalue weighted by molar-refractivity contribution is 9.10. The molecule has 0 aliphatic carbocycles. The van der Waals surface area contributed by atoms with Gasteiger partial charge in [-0.05, 0) is 66.5 Å². The zero-order valence-electron chi connectivity index (χ0n) is 14.7. The van der Waals surface area contributed by atoms with Gasteiger partial charge in [0, 0.05) is 11.0 Å². The lowest BCUT2D eigenvalue weighted by Gasteiger charge is -2.35. The summed E-state index contributed by atoms with van der Waals surface area (Å²) in [4.78, 5) is 15.1. The molecule has 1 aliphatic heterocycles. The molecule has 0 saturated carbocycles. The van der Waals surface area contributed by atoms with E-state index >= 15 is 0 Å². The second-order valence-corrected chi connectivity index (χ2v) is 7.57. The van der Waals surface area contributed by atoms with Gasteiger partial charge in [0.15, 0.2) is 0 Å². The minimum Gasteiger partial charge on any atom is -0.350 e. The zero-order chi connectivity index (χ0) is 17.6. The molecule has 0 bridgehead atoms. The summed E-state index contributed by atoms with van der Waals surface area (Å²) in [5.41, 5.74) is 3.22. The van der Waals surface area contributed by atoms with Crippen LogP contribution in [0.25, 0.3) is 0 Å². The number of hydrogen-bond donors (Lipinski definition) is 1. The Balaban J connectivity index is 1.74. The lowest BCUT2D eigenvalue weighted by Crippen LogP contribution is -2.40. The Hall–Kier alpha value is -1.65. The van der Waals surface area contributed by atoms with Crippen molar-refractivity contribution in [1.29, 1.82) is 0 Å². The predicted octanol–water partition coefficient (Wildman–Crippen LogP) is 4.71. The summed E-state index contributed by atoms with van der Waals surface area (Å²) in [7, 11) is 0. The quantitative estimate of drug-likeness (QED) is 0.787. The number of nitrogens with zero attached hydrogens (tertiary/aromatic N) is 1. The third kappa shape index (κ3) is 4.71. The van der Waals surface area contributed by atoms with Crippen LogP contribution in [-0.2, 0) is 0 Å². The Kier molecular flexibility index (Phi) is 6.27. The molecule has 2 aromatic rings. The number of aryl methyl sites for hydroxylation is 1. The van der Waals surface area contributed by atoms with Crippen molar-refractivity contribution in [3.8, 4) is 0 Å². The minimum atomic E-state index is -0.0263. The molecule has 0 spiro atoms. The van der Waals surface area contributed by atoms with Gasteiger partial charge in [-0.25, -0.2) is 0 Å². The molecule has 3 nitrogen and oxygen atoms in total. The summed E-state index contributed by atoms with van der Waals surface area (Å²) >= 11 is 3.46. The fourth-order valence-electron chi connectivity index (χ4n) is 3.41. The number of carbonyl (C=O) groups excluding carboxylic acids is 1. The van der Waals surface area contributed by atoms with Crippen LogP contribution in [0.3, 0.4) is 0 Å². The van der Waals surface area contributed by atoms with Gasteiger partial charge in [0.05, 0.1) is 11.6 Å². The maximum Gasteiger partial charge on any atom is 0.252 e. The molecule has 1 aliphatic rings. The molecule has 1 amide bonds. The maximum absolute atomic E-state index is 12.6. The number of piperidine rings is 1. The van der Waals surface area contributed by atoms with Crippen LogP contribution in [0.1, 0.15) is 46.8 Å². The number of benzene rings is 2. The van der Waals surface area contributed by atoms with E-state index in [0.717, 1.165) is 17.6 Å². The number of rotatable bonds is 5. The van der Waals surface area contributed by atoms with Crippen molar-refractivity contribution in [3.05, 3.63) is 69.7 Å². The molecule has 1 heterocycles. The summed E-state index contributed by atoms with van der Waals surface area (Å²) in [6.07, 6.45) is 3.78. The summed E-state index contributed by atoms with van der Waals surface area (Å²) in [5.74, 6) is -0.0263. The average molecular weight is 401 g/mol. The van der Waals surface area contributed by atoms with Gasteiger partial charge in [-0.15, -0.1) is 0 Å². The molecule has 132 valence electrons. The van der Waals surface area contributed by atoms with Gasteiger partial charge < -0.3 is 5.32 Å². The summed E-state index contributed by atoms with van der Waals surface area (Å²) < 4.78 is 0.831. The lowest BCUT2D eigenvalue weighted by molar-refractivity contribution is 0.0923. The van der Waals surface area contributed by atoms with Crippen LogP contribution in [0.5, 0.6) is 0 Å². The first-order chi connectivity index (χ1) is 12.1. The van der Waals surface area contributed by atoms with E-state index in [-0.39, 0.29) is 11.9 Å². The van der Waals surface area contributed by atoms with Crippen molar-refractivity contribution < 1.29 is 4.79 Å². The van der Waals surface area contributed by atoms with Crippen LogP contribution in [0, 0.1) is 6.92 Å². The van der Waals surface area contributed by atoms with E-state index in [1.54, 1.807) is 0 Å². The van der Waals surface area contributed by atoms with Crippen LogP contribution in [0.4, 0.5) is 0 Å². The van der Waals surface area contributed by atoms with E-state index in [1.165, 1.54) is 30.4 Å².